The molecule has 0 saturated carbocycles. The standard InChI is InChI=1S/C18H20N4OS2/c1-11-4-2-3-5-13(11)21-18-22-17-15(25-18)10-14(24-17)16(23)20-12-6-8-19-9-7-12/h2-5,10,12,19H,6-9H2,1H3,(H,20,23)(H,21,22). The number of thiophene rings is 1. The molecule has 130 valence electrons. The summed E-state index contributed by atoms with van der Waals surface area (Å²) in [7, 11) is 0. The van der Waals surface area contributed by atoms with Gasteiger partial charge in [0.2, 0.25) is 0 Å². The number of hydrogen-bond acceptors (Lipinski definition) is 6. The van der Waals surface area contributed by atoms with Crippen LogP contribution < -0.4 is 16.0 Å². The summed E-state index contributed by atoms with van der Waals surface area (Å²) in [5.74, 6) is 0.0236. The Hall–Kier alpha value is -1.96. The van der Waals surface area contributed by atoms with Crippen molar-refractivity contribution in [3.05, 3.63) is 40.8 Å². The van der Waals surface area contributed by atoms with Gasteiger partial charge in [0, 0.05) is 11.7 Å². The van der Waals surface area contributed by atoms with Crippen molar-refractivity contribution in [2.24, 2.45) is 0 Å². The molecule has 1 saturated heterocycles. The van der Waals surface area contributed by atoms with E-state index in [1.165, 1.54) is 16.9 Å². The summed E-state index contributed by atoms with van der Waals surface area (Å²) in [5.41, 5.74) is 2.25. The molecule has 25 heavy (non-hydrogen) atoms. The van der Waals surface area contributed by atoms with Gasteiger partial charge in [-0.05, 0) is 50.6 Å². The molecule has 0 bridgehead atoms. The average molecular weight is 373 g/mol. The van der Waals surface area contributed by atoms with Gasteiger partial charge in [0.05, 0.1) is 9.58 Å². The zero-order valence-electron chi connectivity index (χ0n) is 14.0. The molecule has 1 fully saturated rings. The van der Waals surface area contributed by atoms with Crippen molar-refractivity contribution < 1.29 is 4.79 Å². The van der Waals surface area contributed by atoms with Crippen molar-refractivity contribution in [3.63, 3.8) is 0 Å². The van der Waals surface area contributed by atoms with E-state index in [9.17, 15) is 4.79 Å². The lowest BCUT2D eigenvalue weighted by Gasteiger charge is -2.23. The molecule has 0 unspecified atom stereocenters. The van der Waals surface area contributed by atoms with Crippen molar-refractivity contribution >= 4 is 48.9 Å². The Kier molecular flexibility index (Phi) is 4.70. The number of anilines is 2. The Balaban J connectivity index is 1.47. The molecular formula is C18H20N4OS2. The Morgan fingerprint density at radius 2 is 2.04 bits per heavy atom. The van der Waals surface area contributed by atoms with Crippen molar-refractivity contribution in [2.75, 3.05) is 18.4 Å². The molecule has 3 heterocycles. The van der Waals surface area contributed by atoms with Crippen LogP contribution in [0.3, 0.4) is 0 Å². The fraction of sp³-hybridized carbons (Fsp3) is 0.333. The molecule has 0 radical (unpaired) electrons. The average Bonchev–Trinajstić information content (AvgIpc) is 3.16. The topological polar surface area (TPSA) is 66.0 Å². The monoisotopic (exact) mass is 372 g/mol. The second-order valence-corrected chi connectivity index (χ2v) is 8.30. The van der Waals surface area contributed by atoms with Crippen LogP contribution >= 0.6 is 22.7 Å². The minimum Gasteiger partial charge on any atom is -0.349 e. The number of para-hydroxylation sites is 1. The summed E-state index contributed by atoms with van der Waals surface area (Å²) < 4.78 is 1.05. The molecule has 0 spiro atoms. The fourth-order valence-corrected chi connectivity index (χ4v) is 4.98. The molecule has 3 aromatic rings. The van der Waals surface area contributed by atoms with Gasteiger partial charge in [-0.15, -0.1) is 11.3 Å². The van der Waals surface area contributed by atoms with E-state index in [4.69, 9.17) is 0 Å². The first-order valence-corrected chi connectivity index (χ1v) is 10.1. The second-order valence-electron chi connectivity index (χ2n) is 6.24. The largest absolute Gasteiger partial charge is 0.349 e. The third kappa shape index (κ3) is 3.68. The molecule has 1 amide bonds. The first-order valence-electron chi connectivity index (χ1n) is 8.43. The minimum absolute atomic E-state index is 0.0236. The Morgan fingerprint density at radius 3 is 2.80 bits per heavy atom. The number of rotatable bonds is 4. The Morgan fingerprint density at radius 1 is 1.24 bits per heavy atom. The fourth-order valence-electron chi connectivity index (χ4n) is 2.95. The molecule has 4 rings (SSSR count). The smallest absolute Gasteiger partial charge is 0.261 e. The predicted octanol–water partition coefficient (Wildman–Crippen LogP) is 3.89. The number of aryl methyl sites for hydroxylation is 1. The number of nitrogens with zero attached hydrogens (tertiary/aromatic N) is 1. The van der Waals surface area contributed by atoms with Crippen LogP contribution in [-0.2, 0) is 0 Å². The SMILES string of the molecule is Cc1ccccc1Nc1nc2sc(C(=O)NC3CCNCC3)cc2s1. The van der Waals surface area contributed by atoms with Gasteiger partial charge in [-0.1, -0.05) is 29.5 Å². The highest BCUT2D eigenvalue weighted by Gasteiger charge is 2.19. The first-order chi connectivity index (χ1) is 12.2. The van der Waals surface area contributed by atoms with E-state index in [-0.39, 0.29) is 11.9 Å². The van der Waals surface area contributed by atoms with E-state index in [1.54, 1.807) is 11.3 Å². The van der Waals surface area contributed by atoms with E-state index >= 15 is 0 Å². The molecule has 2 aromatic heterocycles. The van der Waals surface area contributed by atoms with Crippen LogP contribution in [0.1, 0.15) is 28.1 Å². The minimum atomic E-state index is 0.0236. The van der Waals surface area contributed by atoms with Gasteiger partial charge in [0.15, 0.2) is 5.13 Å². The highest BCUT2D eigenvalue weighted by molar-refractivity contribution is 7.29. The van der Waals surface area contributed by atoms with E-state index in [1.807, 2.05) is 24.3 Å². The van der Waals surface area contributed by atoms with Crippen LogP contribution in [-0.4, -0.2) is 30.0 Å². The zero-order chi connectivity index (χ0) is 17.2. The normalized spacial score (nSPS) is 15.4. The van der Waals surface area contributed by atoms with Crippen LogP contribution in [0.5, 0.6) is 0 Å². The molecule has 1 aliphatic heterocycles. The van der Waals surface area contributed by atoms with Crippen LogP contribution in [0, 0.1) is 6.92 Å². The third-order valence-corrected chi connectivity index (χ3v) is 6.45. The van der Waals surface area contributed by atoms with Gasteiger partial charge in [-0.2, -0.15) is 0 Å². The summed E-state index contributed by atoms with van der Waals surface area (Å²) in [4.78, 5) is 18.7. The van der Waals surface area contributed by atoms with Crippen molar-refractivity contribution in [1.82, 2.24) is 15.6 Å². The van der Waals surface area contributed by atoms with Crippen LogP contribution in [0.25, 0.3) is 9.53 Å². The Bertz CT molecular complexity index is 864. The maximum Gasteiger partial charge on any atom is 0.261 e. The number of carbonyl (C=O) groups is 1. The number of fused-ring (bicyclic) bond motifs is 1. The highest BCUT2D eigenvalue weighted by atomic mass is 32.1. The second kappa shape index (κ2) is 7.11. The van der Waals surface area contributed by atoms with E-state index < -0.39 is 0 Å². The maximum atomic E-state index is 12.4. The molecule has 0 atom stereocenters. The number of benzene rings is 1. The number of nitrogens with one attached hydrogen (secondary N) is 3. The first kappa shape index (κ1) is 16.5. The Labute approximate surface area is 154 Å². The van der Waals surface area contributed by atoms with Gasteiger partial charge in [0.25, 0.3) is 5.91 Å². The van der Waals surface area contributed by atoms with Crippen molar-refractivity contribution in [3.8, 4) is 0 Å². The summed E-state index contributed by atoms with van der Waals surface area (Å²) in [5, 5.41) is 10.7. The lowest BCUT2D eigenvalue weighted by Crippen LogP contribution is -2.42. The summed E-state index contributed by atoms with van der Waals surface area (Å²) >= 11 is 3.04. The predicted molar refractivity (Wildman–Crippen MR) is 105 cm³/mol. The van der Waals surface area contributed by atoms with Crippen molar-refractivity contribution in [1.29, 1.82) is 0 Å². The molecule has 5 nitrogen and oxygen atoms in total. The summed E-state index contributed by atoms with van der Waals surface area (Å²) in [6.07, 6.45) is 1.99. The number of aromatic nitrogens is 1. The molecular weight excluding hydrogens is 352 g/mol. The molecule has 3 N–H and O–H groups in total. The van der Waals surface area contributed by atoms with Gasteiger partial charge in [0.1, 0.15) is 4.83 Å². The molecule has 1 aromatic carbocycles. The third-order valence-electron chi connectivity index (χ3n) is 4.37. The van der Waals surface area contributed by atoms with E-state index in [2.05, 4.69) is 33.9 Å². The lowest BCUT2D eigenvalue weighted by molar-refractivity contribution is 0.0934. The number of thiazole rings is 1. The molecule has 7 heteroatoms. The number of amides is 1. The molecule has 1 aliphatic rings. The van der Waals surface area contributed by atoms with Crippen LogP contribution in [0.4, 0.5) is 10.8 Å². The van der Waals surface area contributed by atoms with E-state index in [0.717, 1.165) is 51.2 Å². The van der Waals surface area contributed by atoms with Crippen LogP contribution in [0.15, 0.2) is 30.3 Å². The quantitative estimate of drug-likeness (QED) is 0.650. The number of piperidine rings is 1. The highest BCUT2D eigenvalue weighted by Crippen LogP contribution is 2.34. The number of hydrogen-bond donors (Lipinski definition) is 3. The summed E-state index contributed by atoms with van der Waals surface area (Å²) in [6.45, 7) is 4.02. The van der Waals surface area contributed by atoms with Gasteiger partial charge in [-0.3, -0.25) is 4.79 Å². The van der Waals surface area contributed by atoms with Crippen LogP contribution in [0.2, 0.25) is 0 Å². The van der Waals surface area contributed by atoms with Gasteiger partial charge < -0.3 is 16.0 Å². The van der Waals surface area contributed by atoms with E-state index in [0.29, 0.717) is 0 Å². The van der Waals surface area contributed by atoms with Crippen molar-refractivity contribution in [2.45, 2.75) is 25.8 Å². The van der Waals surface area contributed by atoms with Gasteiger partial charge in [-0.25, -0.2) is 4.98 Å². The number of carbonyl (C=O) groups excluding carboxylic acids is 1. The zero-order valence-corrected chi connectivity index (χ0v) is 15.6. The van der Waals surface area contributed by atoms with Gasteiger partial charge >= 0.3 is 0 Å². The lowest BCUT2D eigenvalue weighted by atomic mass is 10.1. The maximum absolute atomic E-state index is 12.4. The summed E-state index contributed by atoms with van der Waals surface area (Å²) in [6, 6.07) is 10.4. The molecule has 0 aliphatic carbocycles.